The van der Waals surface area contributed by atoms with Crippen LogP contribution in [0.2, 0.25) is 0 Å². The number of fused-ring (bicyclic) bond motifs is 3. The van der Waals surface area contributed by atoms with Crippen LogP contribution in [0.4, 0.5) is 8.78 Å². The molecule has 0 aliphatic rings. The van der Waals surface area contributed by atoms with Gasteiger partial charge in [-0.1, -0.05) is 18.2 Å². The van der Waals surface area contributed by atoms with Crippen molar-refractivity contribution >= 4 is 33.5 Å². The molecule has 2 aromatic heterocycles. The molecular formula is C14H12ClF2N3. The lowest BCUT2D eigenvalue weighted by atomic mass is 10.2. The molecule has 3 nitrogen and oxygen atoms in total. The Labute approximate surface area is 119 Å². The maximum atomic E-state index is 12.9. The molecule has 1 unspecified atom stereocenters. The molecular weight excluding hydrogens is 284 g/mol. The Balaban J connectivity index is 2.39. The molecule has 104 valence electrons. The molecule has 0 saturated heterocycles. The van der Waals surface area contributed by atoms with Crippen LogP contribution in [0.15, 0.2) is 30.5 Å². The highest BCUT2D eigenvalue weighted by molar-refractivity contribution is 6.20. The molecule has 6 heteroatoms. The number of benzene rings is 1. The topological polar surface area (TPSA) is 30.7 Å². The van der Waals surface area contributed by atoms with Gasteiger partial charge in [-0.2, -0.15) is 0 Å². The van der Waals surface area contributed by atoms with Crippen LogP contribution in [-0.2, 0) is 6.54 Å². The lowest BCUT2D eigenvalue weighted by Crippen LogP contribution is -2.10. The van der Waals surface area contributed by atoms with Gasteiger partial charge in [0.05, 0.1) is 29.2 Å². The van der Waals surface area contributed by atoms with E-state index in [9.17, 15) is 8.78 Å². The van der Waals surface area contributed by atoms with Gasteiger partial charge in [0.15, 0.2) is 0 Å². The number of halogens is 3. The third-order valence-electron chi connectivity index (χ3n) is 3.19. The first-order valence-electron chi connectivity index (χ1n) is 6.24. The fourth-order valence-electron chi connectivity index (χ4n) is 2.41. The second-order valence-corrected chi connectivity index (χ2v) is 5.25. The van der Waals surface area contributed by atoms with Gasteiger partial charge in [0.2, 0.25) is 0 Å². The van der Waals surface area contributed by atoms with Crippen molar-refractivity contribution in [3.63, 3.8) is 0 Å². The predicted molar refractivity (Wildman–Crippen MR) is 75.3 cm³/mol. The second-order valence-electron chi connectivity index (χ2n) is 4.60. The third-order valence-corrected chi connectivity index (χ3v) is 3.38. The fraction of sp³-hybridized carbons (Fsp3) is 0.286. The van der Waals surface area contributed by atoms with Crippen LogP contribution in [0, 0.1) is 0 Å². The van der Waals surface area contributed by atoms with Gasteiger partial charge >= 0.3 is 0 Å². The number of para-hydroxylation sites is 1. The average molecular weight is 296 g/mol. The van der Waals surface area contributed by atoms with E-state index in [1.807, 2.05) is 24.3 Å². The van der Waals surface area contributed by atoms with Crippen LogP contribution in [0.1, 0.15) is 18.1 Å². The summed E-state index contributed by atoms with van der Waals surface area (Å²) in [5.41, 5.74) is 2.01. The first-order chi connectivity index (χ1) is 9.58. The highest BCUT2D eigenvalue weighted by Crippen LogP contribution is 2.29. The van der Waals surface area contributed by atoms with Crippen molar-refractivity contribution in [3.05, 3.63) is 36.3 Å². The summed E-state index contributed by atoms with van der Waals surface area (Å²) in [6.07, 6.45) is -0.865. The van der Waals surface area contributed by atoms with E-state index in [2.05, 4.69) is 9.97 Å². The smallest absolute Gasteiger partial charge is 0.256 e. The van der Waals surface area contributed by atoms with Gasteiger partial charge in [0, 0.05) is 5.39 Å². The summed E-state index contributed by atoms with van der Waals surface area (Å²) in [4.78, 5) is 8.65. The fourth-order valence-corrected chi connectivity index (χ4v) is 2.57. The minimum absolute atomic E-state index is 0.420. The number of alkyl halides is 3. The zero-order chi connectivity index (χ0) is 14.3. The molecule has 0 aliphatic carbocycles. The van der Waals surface area contributed by atoms with Crippen LogP contribution in [0.25, 0.3) is 21.9 Å². The average Bonchev–Trinajstić information content (AvgIpc) is 2.77. The molecule has 0 N–H and O–H groups in total. The van der Waals surface area contributed by atoms with Gasteiger partial charge in [-0.3, -0.25) is 4.98 Å². The number of rotatable bonds is 3. The van der Waals surface area contributed by atoms with E-state index in [0.717, 1.165) is 10.9 Å². The van der Waals surface area contributed by atoms with Crippen LogP contribution < -0.4 is 0 Å². The molecule has 0 aliphatic heterocycles. The summed E-state index contributed by atoms with van der Waals surface area (Å²) >= 11 is 6.07. The molecule has 3 aromatic rings. The van der Waals surface area contributed by atoms with E-state index in [0.29, 0.717) is 16.9 Å². The van der Waals surface area contributed by atoms with E-state index in [1.165, 1.54) is 4.57 Å². The summed E-state index contributed by atoms with van der Waals surface area (Å²) in [7, 11) is 0. The van der Waals surface area contributed by atoms with Crippen LogP contribution in [0.3, 0.4) is 0 Å². The third kappa shape index (κ3) is 2.12. The van der Waals surface area contributed by atoms with Crippen LogP contribution >= 0.6 is 11.6 Å². The van der Waals surface area contributed by atoms with Gasteiger partial charge < -0.3 is 4.57 Å². The van der Waals surface area contributed by atoms with Crippen molar-refractivity contribution in [1.29, 1.82) is 0 Å². The lowest BCUT2D eigenvalue weighted by molar-refractivity contribution is 0.127. The standard InChI is InChI=1S/C14H12ClF2N3/c1-8(15)14-19-11-6-18-10-5-3-2-4-9(10)13(11)20(14)7-12(16)17/h2-6,8,12H,7H2,1H3. The first-order valence-corrected chi connectivity index (χ1v) is 6.67. The normalized spacial score (nSPS) is 13.4. The molecule has 2 heterocycles. The number of aromatic nitrogens is 3. The SMILES string of the molecule is CC(Cl)c1nc2cnc3ccccc3c2n1CC(F)F. The number of hydrogen-bond donors (Lipinski definition) is 0. The van der Waals surface area contributed by atoms with Crippen molar-refractivity contribution < 1.29 is 8.78 Å². The van der Waals surface area contributed by atoms with E-state index in [-0.39, 0.29) is 0 Å². The molecule has 1 aromatic carbocycles. The molecule has 0 fully saturated rings. The molecule has 3 rings (SSSR count). The Morgan fingerprint density at radius 2 is 2.00 bits per heavy atom. The van der Waals surface area contributed by atoms with Crippen molar-refractivity contribution in [2.75, 3.05) is 0 Å². The maximum Gasteiger partial charge on any atom is 0.256 e. The first kappa shape index (κ1) is 13.2. The number of pyridine rings is 1. The van der Waals surface area contributed by atoms with E-state index < -0.39 is 18.3 Å². The number of imidazole rings is 1. The molecule has 0 saturated carbocycles. The largest absolute Gasteiger partial charge is 0.320 e. The minimum Gasteiger partial charge on any atom is -0.320 e. The summed E-state index contributed by atoms with van der Waals surface area (Å²) in [6.45, 7) is 1.30. The maximum absolute atomic E-state index is 12.9. The van der Waals surface area contributed by atoms with Crippen molar-refractivity contribution in [2.24, 2.45) is 0 Å². The Bertz CT molecular complexity index is 768. The number of nitrogens with zero attached hydrogens (tertiary/aromatic N) is 3. The highest BCUT2D eigenvalue weighted by Gasteiger charge is 2.19. The zero-order valence-electron chi connectivity index (χ0n) is 10.7. The minimum atomic E-state index is -2.46. The quantitative estimate of drug-likeness (QED) is 0.680. The molecule has 0 radical (unpaired) electrons. The molecule has 20 heavy (non-hydrogen) atoms. The zero-order valence-corrected chi connectivity index (χ0v) is 11.5. The Kier molecular flexibility index (Phi) is 3.30. The van der Waals surface area contributed by atoms with Crippen molar-refractivity contribution in [2.45, 2.75) is 25.3 Å². The van der Waals surface area contributed by atoms with Crippen LogP contribution in [-0.4, -0.2) is 21.0 Å². The van der Waals surface area contributed by atoms with Crippen molar-refractivity contribution in [1.82, 2.24) is 14.5 Å². The van der Waals surface area contributed by atoms with Gasteiger partial charge in [0.25, 0.3) is 6.43 Å². The second kappa shape index (κ2) is 4.98. The monoisotopic (exact) mass is 295 g/mol. The van der Waals surface area contributed by atoms with Gasteiger partial charge in [0.1, 0.15) is 11.3 Å². The Morgan fingerprint density at radius 1 is 1.25 bits per heavy atom. The molecule has 0 spiro atoms. The molecule has 0 bridgehead atoms. The van der Waals surface area contributed by atoms with Crippen molar-refractivity contribution in [3.8, 4) is 0 Å². The van der Waals surface area contributed by atoms with E-state index >= 15 is 0 Å². The number of hydrogen-bond acceptors (Lipinski definition) is 2. The van der Waals surface area contributed by atoms with E-state index in [4.69, 9.17) is 11.6 Å². The summed E-state index contributed by atoms with van der Waals surface area (Å²) < 4.78 is 27.2. The molecule has 0 amide bonds. The van der Waals surface area contributed by atoms with Gasteiger partial charge in [-0.25, -0.2) is 13.8 Å². The molecule has 1 atom stereocenters. The lowest BCUT2D eigenvalue weighted by Gasteiger charge is -2.10. The van der Waals surface area contributed by atoms with Crippen LogP contribution in [0.5, 0.6) is 0 Å². The summed E-state index contributed by atoms with van der Waals surface area (Å²) in [6, 6.07) is 7.42. The highest BCUT2D eigenvalue weighted by atomic mass is 35.5. The summed E-state index contributed by atoms with van der Waals surface area (Å²) in [5, 5.41) is 0.363. The van der Waals surface area contributed by atoms with Gasteiger partial charge in [-0.05, 0) is 13.0 Å². The Morgan fingerprint density at radius 3 is 2.70 bits per heavy atom. The Hall–Kier alpha value is -1.75. The van der Waals surface area contributed by atoms with Gasteiger partial charge in [-0.15, -0.1) is 11.6 Å². The summed E-state index contributed by atoms with van der Waals surface area (Å²) in [5.74, 6) is 0.445. The predicted octanol–water partition coefficient (Wildman–Crippen LogP) is 4.15. The van der Waals surface area contributed by atoms with E-state index in [1.54, 1.807) is 13.1 Å².